The minimum absolute atomic E-state index is 0.401. The summed E-state index contributed by atoms with van der Waals surface area (Å²) in [5, 5.41) is 8.89. The number of aromatic amines is 1. The van der Waals surface area contributed by atoms with Crippen LogP contribution in [0.3, 0.4) is 0 Å². The van der Waals surface area contributed by atoms with Crippen LogP contribution in [0, 0.1) is 19.8 Å². The summed E-state index contributed by atoms with van der Waals surface area (Å²) >= 11 is 0. The van der Waals surface area contributed by atoms with Crippen LogP contribution >= 0.6 is 0 Å². The van der Waals surface area contributed by atoms with Gasteiger partial charge in [-0.05, 0) is 31.4 Å². The second kappa shape index (κ2) is 5.03. The number of carboxylic acid groups (broad SMARTS) is 1. The summed E-state index contributed by atoms with van der Waals surface area (Å²) in [5.41, 5.74) is 2.86. The van der Waals surface area contributed by atoms with Crippen LogP contribution in [0.5, 0.6) is 0 Å². The number of aliphatic carboxylic acids is 1. The standard InChI is InChI=1S/C12H17NO4/c1-6(11(14)15)5-9-7(2)10(12(16)17-4)13-8(9)3/h6,13H,5H2,1-4H3,(H,14,15). The monoisotopic (exact) mass is 239 g/mol. The number of esters is 1. The van der Waals surface area contributed by atoms with Crippen LogP contribution in [0.25, 0.3) is 0 Å². The molecule has 1 aromatic heterocycles. The van der Waals surface area contributed by atoms with Gasteiger partial charge in [0.15, 0.2) is 0 Å². The Morgan fingerprint density at radius 3 is 2.47 bits per heavy atom. The Morgan fingerprint density at radius 1 is 1.41 bits per heavy atom. The molecule has 0 saturated carbocycles. The van der Waals surface area contributed by atoms with Gasteiger partial charge in [0.25, 0.3) is 0 Å². The largest absolute Gasteiger partial charge is 0.481 e. The Labute approximate surface area is 99.8 Å². The summed E-state index contributed by atoms with van der Waals surface area (Å²) in [6.45, 7) is 5.26. The van der Waals surface area contributed by atoms with Gasteiger partial charge in [0.05, 0.1) is 13.0 Å². The molecule has 2 N–H and O–H groups in total. The van der Waals surface area contributed by atoms with Crippen LogP contribution in [0.4, 0.5) is 0 Å². The van der Waals surface area contributed by atoms with Crippen LogP contribution in [0.1, 0.15) is 34.2 Å². The maximum atomic E-state index is 11.4. The summed E-state index contributed by atoms with van der Waals surface area (Å²) in [6.07, 6.45) is 0.403. The van der Waals surface area contributed by atoms with Crippen molar-refractivity contribution in [2.45, 2.75) is 27.2 Å². The molecule has 0 fully saturated rings. The highest BCUT2D eigenvalue weighted by Gasteiger charge is 2.21. The van der Waals surface area contributed by atoms with Crippen LogP contribution in [-0.2, 0) is 16.0 Å². The second-order valence-electron chi connectivity index (χ2n) is 4.16. The van der Waals surface area contributed by atoms with E-state index in [-0.39, 0.29) is 0 Å². The molecule has 0 bridgehead atoms. The maximum Gasteiger partial charge on any atom is 0.354 e. The molecule has 5 nitrogen and oxygen atoms in total. The van der Waals surface area contributed by atoms with E-state index in [2.05, 4.69) is 9.72 Å². The normalized spacial score (nSPS) is 12.2. The first-order valence-corrected chi connectivity index (χ1v) is 5.37. The molecular weight excluding hydrogens is 222 g/mol. The lowest BCUT2D eigenvalue weighted by atomic mass is 9.98. The smallest absolute Gasteiger partial charge is 0.354 e. The Kier molecular flexibility index (Phi) is 3.93. The molecule has 5 heteroatoms. The number of aromatic nitrogens is 1. The number of carbonyl (C=O) groups is 2. The van der Waals surface area contributed by atoms with E-state index in [9.17, 15) is 9.59 Å². The minimum atomic E-state index is -0.843. The molecule has 0 aromatic carbocycles. The van der Waals surface area contributed by atoms with E-state index in [1.165, 1.54) is 7.11 Å². The average molecular weight is 239 g/mol. The fraction of sp³-hybridized carbons (Fsp3) is 0.500. The van der Waals surface area contributed by atoms with E-state index in [4.69, 9.17) is 5.11 Å². The first kappa shape index (κ1) is 13.3. The van der Waals surface area contributed by atoms with Crippen molar-refractivity contribution in [1.29, 1.82) is 0 Å². The van der Waals surface area contributed by atoms with E-state index in [0.717, 1.165) is 16.8 Å². The molecule has 1 unspecified atom stereocenters. The number of ether oxygens (including phenoxy) is 1. The quantitative estimate of drug-likeness (QED) is 0.783. The lowest BCUT2D eigenvalue weighted by Gasteiger charge is -2.07. The Hall–Kier alpha value is -1.78. The molecule has 0 aliphatic rings. The first-order valence-electron chi connectivity index (χ1n) is 5.37. The van der Waals surface area contributed by atoms with Crippen molar-refractivity contribution in [2.75, 3.05) is 7.11 Å². The van der Waals surface area contributed by atoms with Gasteiger partial charge in [0, 0.05) is 5.69 Å². The number of nitrogens with one attached hydrogen (secondary N) is 1. The third kappa shape index (κ3) is 2.67. The third-order valence-electron chi connectivity index (χ3n) is 2.91. The first-order chi connectivity index (χ1) is 7.88. The predicted octanol–water partition coefficient (Wildman–Crippen LogP) is 1.68. The highest BCUT2D eigenvalue weighted by Crippen LogP contribution is 2.21. The zero-order valence-corrected chi connectivity index (χ0v) is 10.5. The highest BCUT2D eigenvalue weighted by atomic mass is 16.5. The van der Waals surface area contributed by atoms with Gasteiger partial charge in [-0.15, -0.1) is 0 Å². The molecule has 17 heavy (non-hydrogen) atoms. The lowest BCUT2D eigenvalue weighted by Crippen LogP contribution is -2.13. The number of aryl methyl sites for hydroxylation is 1. The highest BCUT2D eigenvalue weighted by molar-refractivity contribution is 5.89. The number of rotatable bonds is 4. The van der Waals surface area contributed by atoms with Crippen LogP contribution in [0.2, 0.25) is 0 Å². The fourth-order valence-corrected chi connectivity index (χ4v) is 1.79. The molecule has 1 heterocycles. The summed E-state index contributed by atoms with van der Waals surface area (Å²) in [4.78, 5) is 25.2. The van der Waals surface area contributed by atoms with E-state index in [1.807, 2.05) is 6.92 Å². The molecule has 0 radical (unpaired) electrons. The van der Waals surface area contributed by atoms with Gasteiger partial charge in [-0.25, -0.2) is 4.79 Å². The van der Waals surface area contributed by atoms with Gasteiger partial charge in [-0.3, -0.25) is 4.79 Å². The van der Waals surface area contributed by atoms with Crippen molar-refractivity contribution in [3.05, 3.63) is 22.5 Å². The number of carboxylic acids is 1. The molecule has 1 aromatic rings. The SMILES string of the molecule is COC(=O)c1[nH]c(C)c(CC(C)C(=O)O)c1C. The number of methoxy groups -OCH3 is 1. The maximum absolute atomic E-state index is 11.4. The molecule has 1 atom stereocenters. The molecule has 1 rings (SSSR count). The van der Waals surface area contributed by atoms with E-state index in [1.54, 1.807) is 13.8 Å². The summed E-state index contributed by atoms with van der Waals surface area (Å²) in [6, 6.07) is 0. The van der Waals surface area contributed by atoms with Crippen LogP contribution in [-0.4, -0.2) is 29.1 Å². The van der Waals surface area contributed by atoms with Crippen molar-refractivity contribution in [3.63, 3.8) is 0 Å². The molecule has 0 amide bonds. The zero-order chi connectivity index (χ0) is 13.2. The van der Waals surface area contributed by atoms with Gasteiger partial charge in [-0.2, -0.15) is 0 Å². The molecule has 0 saturated heterocycles. The van der Waals surface area contributed by atoms with E-state index >= 15 is 0 Å². The van der Waals surface area contributed by atoms with Crippen LogP contribution in [0.15, 0.2) is 0 Å². The summed E-state index contributed by atoms with van der Waals surface area (Å²) < 4.78 is 4.65. The average Bonchev–Trinajstić information content (AvgIpc) is 2.55. The van der Waals surface area contributed by atoms with E-state index in [0.29, 0.717) is 12.1 Å². The zero-order valence-electron chi connectivity index (χ0n) is 10.5. The molecule has 94 valence electrons. The molecule has 0 aliphatic heterocycles. The van der Waals surface area contributed by atoms with Crippen molar-refractivity contribution >= 4 is 11.9 Å². The number of hydrogen-bond donors (Lipinski definition) is 2. The van der Waals surface area contributed by atoms with Crippen molar-refractivity contribution < 1.29 is 19.4 Å². The number of H-pyrrole nitrogens is 1. The third-order valence-corrected chi connectivity index (χ3v) is 2.91. The summed E-state index contributed by atoms with van der Waals surface area (Å²) in [5.74, 6) is -1.75. The van der Waals surface area contributed by atoms with Gasteiger partial charge in [0.1, 0.15) is 5.69 Å². The predicted molar refractivity (Wildman–Crippen MR) is 62.1 cm³/mol. The number of hydrogen-bond acceptors (Lipinski definition) is 3. The van der Waals surface area contributed by atoms with Gasteiger partial charge >= 0.3 is 11.9 Å². The second-order valence-corrected chi connectivity index (χ2v) is 4.16. The van der Waals surface area contributed by atoms with Crippen molar-refractivity contribution in [3.8, 4) is 0 Å². The minimum Gasteiger partial charge on any atom is -0.481 e. The Bertz CT molecular complexity index is 448. The molecular formula is C12H17NO4. The summed E-state index contributed by atoms with van der Waals surface area (Å²) in [7, 11) is 1.32. The van der Waals surface area contributed by atoms with Crippen molar-refractivity contribution in [1.82, 2.24) is 4.98 Å². The van der Waals surface area contributed by atoms with Crippen LogP contribution < -0.4 is 0 Å². The van der Waals surface area contributed by atoms with Crippen molar-refractivity contribution in [2.24, 2.45) is 5.92 Å². The number of carbonyl (C=O) groups excluding carboxylic acids is 1. The van der Waals surface area contributed by atoms with Gasteiger partial charge in [0.2, 0.25) is 0 Å². The topological polar surface area (TPSA) is 79.4 Å². The van der Waals surface area contributed by atoms with Gasteiger partial charge < -0.3 is 14.8 Å². The fourth-order valence-electron chi connectivity index (χ4n) is 1.79. The Balaban J connectivity index is 3.05. The van der Waals surface area contributed by atoms with E-state index < -0.39 is 17.9 Å². The lowest BCUT2D eigenvalue weighted by molar-refractivity contribution is -0.141. The van der Waals surface area contributed by atoms with Gasteiger partial charge in [-0.1, -0.05) is 6.92 Å². The molecule has 0 aliphatic carbocycles. The molecule has 0 spiro atoms. The Morgan fingerprint density at radius 2 is 2.00 bits per heavy atom.